The highest BCUT2D eigenvalue weighted by molar-refractivity contribution is 5.92. The maximum Gasteiger partial charge on any atom is 0.260 e. The Kier molecular flexibility index (Phi) is 4.79. The molecule has 2 heterocycles. The summed E-state index contributed by atoms with van der Waals surface area (Å²) in [4.78, 5) is 25.3. The lowest BCUT2D eigenvalue weighted by Gasteiger charge is -2.24. The number of benzene rings is 1. The highest BCUT2D eigenvalue weighted by Crippen LogP contribution is 2.19. The van der Waals surface area contributed by atoms with Gasteiger partial charge in [0.25, 0.3) is 5.91 Å². The summed E-state index contributed by atoms with van der Waals surface area (Å²) in [6.07, 6.45) is 5.60. The molecule has 2 N–H and O–H groups in total. The standard InChI is InChI=1S/C17H20N4O3/c18-17(23)13-4-6-15(7-5-13)24-12-16(22)21-10-1-3-14(21)11-20-9-2-8-19-20/h2,4-9,14H,1,3,10-12H2,(H2,18,23)/t14-/m1/s1. The van der Waals surface area contributed by atoms with E-state index >= 15 is 0 Å². The van der Waals surface area contributed by atoms with Crippen LogP contribution in [0.1, 0.15) is 23.2 Å². The van der Waals surface area contributed by atoms with Gasteiger partial charge in [-0.3, -0.25) is 14.3 Å². The minimum atomic E-state index is -0.490. The van der Waals surface area contributed by atoms with Crippen molar-refractivity contribution in [2.24, 2.45) is 5.73 Å². The number of amides is 2. The Hall–Kier alpha value is -2.83. The molecule has 1 aliphatic rings. The van der Waals surface area contributed by atoms with Crippen LogP contribution < -0.4 is 10.5 Å². The second-order valence-electron chi connectivity index (χ2n) is 5.79. The molecule has 1 fully saturated rings. The molecule has 7 nitrogen and oxygen atoms in total. The second-order valence-corrected chi connectivity index (χ2v) is 5.79. The van der Waals surface area contributed by atoms with Gasteiger partial charge in [0, 0.05) is 24.5 Å². The van der Waals surface area contributed by atoms with Gasteiger partial charge in [-0.2, -0.15) is 5.10 Å². The van der Waals surface area contributed by atoms with Gasteiger partial charge in [-0.05, 0) is 43.2 Å². The van der Waals surface area contributed by atoms with Gasteiger partial charge in [-0.1, -0.05) is 0 Å². The van der Waals surface area contributed by atoms with Crippen molar-refractivity contribution in [3.05, 3.63) is 48.3 Å². The van der Waals surface area contributed by atoms with Gasteiger partial charge >= 0.3 is 0 Å². The van der Waals surface area contributed by atoms with Crippen molar-refractivity contribution in [1.82, 2.24) is 14.7 Å². The molecule has 1 saturated heterocycles. The fourth-order valence-electron chi connectivity index (χ4n) is 2.92. The molecule has 126 valence electrons. The Morgan fingerprint density at radius 3 is 2.75 bits per heavy atom. The zero-order chi connectivity index (χ0) is 16.9. The number of primary amides is 1. The summed E-state index contributed by atoms with van der Waals surface area (Å²) in [5, 5.41) is 4.20. The van der Waals surface area contributed by atoms with Gasteiger partial charge in [-0.15, -0.1) is 0 Å². The maximum atomic E-state index is 12.4. The van der Waals surface area contributed by atoms with E-state index in [1.807, 2.05) is 21.8 Å². The van der Waals surface area contributed by atoms with Gasteiger partial charge in [0.2, 0.25) is 5.91 Å². The summed E-state index contributed by atoms with van der Waals surface area (Å²) in [5.74, 6) is 0.0102. The molecule has 2 amide bonds. The van der Waals surface area contributed by atoms with Crippen LogP contribution >= 0.6 is 0 Å². The Labute approximate surface area is 140 Å². The SMILES string of the molecule is NC(=O)c1ccc(OCC(=O)N2CCC[C@@H]2Cn2cccn2)cc1. The van der Waals surface area contributed by atoms with Crippen LogP contribution in [0.5, 0.6) is 5.75 Å². The highest BCUT2D eigenvalue weighted by atomic mass is 16.5. The van der Waals surface area contributed by atoms with Crippen LogP contribution in [0.25, 0.3) is 0 Å². The first-order chi connectivity index (χ1) is 11.6. The third-order valence-electron chi connectivity index (χ3n) is 4.16. The van der Waals surface area contributed by atoms with E-state index in [1.165, 1.54) is 0 Å². The van der Waals surface area contributed by atoms with E-state index in [4.69, 9.17) is 10.5 Å². The normalized spacial score (nSPS) is 17.0. The smallest absolute Gasteiger partial charge is 0.260 e. The Morgan fingerprint density at radius 2 is 2.08 bits per heavy atom. The van der Waals surface area contributed by atoms with Crippen LogP contribution in [0.4, 0.5) is 0 Å². The average Bonchev–Trinajstić information content (AvgIpc) is 3.25. The van der Waals surface area contributed by atoms with E-state index in [9.17, 15) is 9.59 Å². The zero-order valence-corrected chi connectivity index (χ0v) is 13.3. The lowest BCUT2D eigenvalue weighted by Crippen LogP contribution is -2.40. The van der Waals surface area contributed by atoms with Crippen LogP contribution in [-0.4, -0.2) is 45.7 Å². The predicted molar refractivity (Wildman–Crippen MR) is 87.4 cm³/mol. The first-order valence-electron chi connectivity index (χ1n) is 7.93. The molecule has 1 atom stereocenters. The van der Waals surface area contributed by atoms with Crippen molar-refractivity contribution in [2.45, 2.75) is 25.4 Å². The average molecular weight is 328 g/mol. The minimum absolute atomic E-state index is 0.0223. The van der Waals surface area contributed by atoms with Crippen molar-refractivity contribution in [1.29, 1.82) is 0 Å². The van der Waals surface area contributed by atoms with Gasteiger partial charge in [0.15, 0.2) is 6.61 Å². The number of nitrogens with zero attached hydrogens (tertiary/aromatic N) is 3. The molecule has 1 aromatic heterocycles. The Bertz CT molecular complexity index is 697. The molecule has 2 aromatic rings. The molecule has 24 heavy (non-hydrogen) atoms. The van der Waals surface area contributed by atoms with Crippen molar-refractivity contribution in [3.63, 3.8) is 0 Å². The number of carbonyl (C=O) groups excluding carboxylic acids is 2. The molecule has 1 aliphatic heterocycles. The predicted octanol–water partition coefficient (Wildman–Crippen LogP) is 1.05. The fourth-order valence-corrected chi connectivity index (χ4v) is 2.92. The molecule has 0 aliphatic carbocycles. The number of rotatable bonds is 6. The second kappa shape index (κ2) is 7.16. The van der Waals surface area contributed by atoms with E-state index < -0.39 is 5.91 Å². The molecular formula is C17H20N4O3. The summed E-state index contributed by atoms with van der Waals surface area (Å²) in [6, 6.07) is 8.46. The topological polar surface area (TPSA) is 90.5 Å². The third kappa shape index (κ3) is 3.73. The summed E-state index contributed by atoms with van der Waals surface area (Å²) in [6.45, 7) is 1.42. The maximum absolute atomic E-state index is 12.4. The lowest BCUT2D eigenvalue weighted by molar-refractivity contribution is -0.134. The summed E-state index contributed by atoms with van der Waals surface area (Å²) in [5.41, 5.74) is 5.60. The number of aromatic nitrogens is 2. The van der Waals surface area contributed by atoms with E-state index in [2.05, 4.69) is 5.10 Å². The first kappa shape index (κ1) is 16.0. The number of hydrogen-bond acceptors (Lipinski definition) is 4. The Morgan fingerprint density at radius 1 is 1.29 bits per heavy atom. The number of carbonyl (C=O) groups is 2. The molecule has 3 rings (SSSR count). The fraction of sp³-hybridized carbons (Fsp3) is 0.353. The van der Waals surface area contributed by atoms with Gasteiger partial charge in [0.1, 0.15) is 5.75 Å². The molecule has 0 bridgehead atoms. The van der Waals surface area contributed by atoms with E-state index in [1.54, 1.807) is 30.5 Å². The third-order valence-corrected chi connectivity index (χ3v) is 4.16. The van der Waals surface area contributed by atoms with Gasteiger partial charge in [0.05, 0.1) is 12.6 Å². The lowest BCUT2D eigenvalue weighted by atomic mass is 10.2. The molecule has 0 spiro atoms. The van der Waals surface area contributed by atoms with Crippen molar-refractivity contribution in [3.8, 4) is 5.75 Å². The van der Waals surface area contributed by atoms with Crippen LogP contribution in [0.2, 0.25) is 0 Å². The Balaban J connectivity index is 1.54. The van der Waals surface area contributed by atoms with Gasteiger partial charge in [-0.25, -0.2) is 0 Å². The monoisotopic (exact) mass is 328 g/mol. The molecular weight excluding hydrogens is 308 g/mol. The number of ether oxygens (including phenoxy) is 1. The molecule has 0 saturated carbocycles. The molecule has 1 aromatic carbocycles. The quantitative estimate of drug-likeness (QED) is 0.858. The largest absolute Gasteiger partial charge is 0.484 e. The van der Waals surface area contributed by atoms with E-state index in [0.717, 1.165) is 19.4 Å². The van der Waals surface area contributed by atoms with E-state index in [0.29, 0.717) is 17.9 Å². The highest BCUT2D eigenvalue weighted by Gasteiger charge is 2.29. The van der Waals surface area contributed by atoms with Crippen molar-refractivity contribution >= 4 is 11.8 Å². The van der Waals surface area contributed by atoms with Crippen LogP contribution in [0.3, 0.4) is 0 Å². The van der Waals surface area contributed by atoms with Crippen LogP contribution in [0, 0.1) is 0 Å². The first-order valence-corrected chi connectivity index (χ1v) is 7.93. The number of hydrogen-bond donors (Lipinski definition) is 1. The number of likely N-dealkylation sites (tertiary alicyclic amines) is 1. The van der Waals surface area contributed by atoms with Gasteiger partial charge < -0.3 is 15.4 Å². The molecule has 0 radical (unpaired) electrons. The van der Waals surface area contributed by atoms with Crippen LogP contribution in [0.15, 0.2) is 42.7 Å². The zero-order valence-electron chi connectivity index (χ0n) is 13.3. The van der Waals surface area contributed by atoms with Crippen molar-refractivity contribution < 1.29 is 14.3 Å². The summed E-state index contributed by atoms with van der Waals surface area (Å²) in [7, 11) is 0. The van der Waals surface area contributed by atoms with Crippen LogP contribution in [-0.2, 0) is 11.3 Å². The van der Waals surface area contributed by atoms with E-state index in [-0.39, 0.29) is 18.6 Å². The molecule has 7 heteroatoms. The minimum Gasteiger partial charge on any atom is -0.484 e. The summed E-state index contributed by atoms with van der Waals surface area (Å²) < 4.78 is 7.38. The summed E-state index contributed by atoms with van der Waals surface area (Å²) >= 11 is 0. The van der Waals surface area contributed by atoms with Crippen molar-refractivity contribution in [2.75, 3.05) is 13.2 Å². The molecule has 0 unspecified atom stereocenters. The number of nitrogens with two attached hydrogens (primary N) is 1.